The molecule has 1 aromatic rings. The summed E-state index contributed by atoms with van der Waals surface area (Å²) in [6.45, 7) is 5.32. The van der Waals surface area contributed by atoms with Crippen molar-refractivity contribution in [2.75, 3.05) is 0 Å². The van der Waals surface area contributed by atoms with Gasteiger partial charge in [-0.25, -0.2) is 4.79 Å². The van der Waals surface area contributed by atoms with E-state index in [1.807, 2.05) is 19.1 Å². The fraction of sp³-hybridized carbons (Fsp3) is 0.500. The Morgan fingerprint density at radius 2 is 1.85 bits per heavy atom. The number of hydrogen-bond acceptors (Lipinski definition) is 2. The van der Waals surface area contributed by atoms with Crippen LogP contribution < -0.4 is 5.32 Å². The van der Waals surface area contributed by atoms with E-state index in [0.717, 1.165) is 6.42 Å². The van der Waals surface area contributed by atoms with Crippen molar-refractivity contribution >= 4 is 11.9 Å². The maximum absolute atomic E-state index is 11.8. The highest BCUT2D eigenvalue weighted by atomic mass is 16.4. The summed E-state index contributed by atoms with van der Waals surface area (Å²) in [5.74, 6) is -1.20. The van der Waals surface area contributed by atoms with Crippen LogP contribution in [0.2, 0.25) is 0 Å². The molecule has 1 amide bonds. The van der Waals surface area contributed by atoms with Crippen LogP contribution in [0.3, 0.4) is 0 Å². The summed E-state index contributed by atoms with van der Waals surface area (Å²) >= 11 is 0. The molecule has 1 atom stereocenters. The van der Waals surface area contributed by atoms with Crippen molar-refractivity contribution in [3.8, 4) is 0 Å². The minimum atomic E-state index is -1.17. The van der Waals surface area contributed by atoms with Crippen LogP contribution in [0.25, 0.3) is 0 Å². The highest BCUT2D eigenvalue weighted by Crippen LogP contribution is 2.11. The first-order valence-electron chi connectivity index (χ1n) is 6.97. The molecule has 0 fully saturated rings. The second-order valence-electron chi connectivity index (χ2n) is 5.38. The molecule has 0 radical (unpaired) electrons. The minimum absolute atomic E-state index is 0.205. The average Bonchev–Trinajstić information content (AvgIpc) is 2.40. The number of benzene rings is 1. The topological polar surface area (TPSA) is 66.4 Å². The van der Waals surface area contributed by atoms with Crippen molar-refractivity contribution in [2.45, 2.75) is 52.0 Å². The smallest absolute Gasteiger partial charge is 0.329 e. The lowest BCUT2D eigenvalue weighted by Crippen LogP contribution is -2.51. The number of carbonyl (C=O) groups is 2. The van der Waals surface area contributed by atoms with E-state index in [1.54, 1.807) is 6.92 Å². The number of carbonyl (C=O) groups excluding carboxylic acids is 1. The number of hydrogen-bond donors (Lipinski definition) is 2. The van der Waals surface area contributed by atoms with E-state index in [0.29, 0.717) is 19.3 Å². The fourth-order valence-electron chi connectivity index (χ4n) is 1.87. The first-order valence-corrected chi connectivity index (χ1v) is 6.97. The normalized spacial score (nSPS) is 13.6. The van der Waals surface area contributed by atoms with Crippen LogP contribution in [0.4, 0.5) is 0 Å². The van der Waals surface area contributed by atoms with Gasteiger partial charge in [-0.05, 0) is 38.7 Å². The van der Waals surface area contributed by atoms with Crippen molar-refractivity contribution in [3.63, 3.8) is 0 Å². The fourth-order valence-corrected chi connectivity index (χ4v) is 1.87. The molecule has 0 aliphatic heterocycles. The molecule has 20 heavy (non-hydrogen) atoms. The van der Waals surface area contributed by atoms with E-state index >= 15 is 0 Å². The molecule has 1 unspecified atom stereocenters. The van der Waals surface area contributed by atoms with Crippen LogP contribution in [-0.2, 0) is 16.0 Å². The third kappa shape index (κ3) is 4.68. The van der Waals surface area contributed by atoms with Gasteiger partial charge in [-0.3, -0.25) is 4.79 Å². The lowest BCUT2D eigenvalue weighted by atomic mass is 9.98. The number of carboxylic acid groups (broad SMARTS) is 1. The first kappa shape index (κ1) is 16.2. The number of aliphatic carboxylic acids is 1. The second kappa shape index (κ2) is 7.08. The van der Waals surface area contributed by atoms with Crippen LogP contribution in [0.5, 0.6) is 0 Å². The molecule has 0 aliphatic rings. The summed E-state index contributed by atoms with van der Waals surface area (Å²) in [6.07, 6.45) is 2.25. The van der Waals surface area contributed by atoms with Crippen molar-refractivity contribution in [3.05, 3.63) is 35.4 Å². The highest BCUT2D eigenvalue weighted by molar-refractivity contribution is 5.86. The van der Waals surface area contributed by atoms with E-state index in [1.165, 1.54) is 18.1 Å². The van der Waals surface area contributed by atoms with Crippen LogP contribution in [0.15, 0.2) is 24.3 Å². The predicted molar refractivity (Wildman–Crippen MR) is 78.6 cm³/mol. The Morgan fingerprint density at radius 1 is 1.25 bits per heavy atom. The molecule has 0 heterocycles. The zero-order valence-electron chi connectivity index (χ0n) is 12.4. The molecule has 1 aromatic carbocycles. The van der Waals surface area contributed by atoms with Gasteiger partial charge in [0.25, 0.3) is 0 Å². The number of nitrogens with one attached hydrogen (secondary N) is 1. The van der Waals surface area contributed by atoms with Gasteiger partial charge in [0.15, 0.2) is 0 Å². The summed E-state index contributed by atoms with van der Waals surface area (Å²) in [7, 11) is 0. The van der Waals surface area contributed by atoms with Crippen molar-refractivity contribution < 1.29 is 14.7 Å². The van der Waals surface area contributed by atoms with Crippen molar-refractivity contribution in [1.82, 2.24) is 5.32 Å². The third-order valence-corrected chi connectivity index (χ3v) is 3.58. The third-order valence-electron chi connectivity index (χ3n) is 3.58. The predicted octanol–water partition coefficient (Wildman–Crippen LogP) is 2.69. The zero-order chi connectivity index (χ0) is 15.2. The average molecular weight is 277 g/mol. The molecule has 0 aromatic heterocycles. The Balaban J connectivity index is 2.40. The monoisotopic (exact) mass is 277 g/mol. The van der Waals surface area contributed by atoms with Gasteiger partial charge in [-0.2, -0.15) is 0 Å². The summed E-state index contributed by atoms with van der Waals surface area (Å²) in [5, 5.41) is 11.7. The van der Waals surface area contributed by atoms with Gasteiger partial charge in [0.05, 0.1) is 0 Å². The van der Waals surface area contributed by atoms with Gasteiger partial charge in [0.1, 0.15) is 5.54 Å². The van der Waals surface area contributed by atoms with Crippen molar-refractivity contribution in [2.24, 2.45) is 0 Å². The number of carboxylic acids is 1. The molecule has 110 valence electrons. The molecule has 0 spiro atoms. The zero-order valence-corrected chi connectivity index (χ0v) is 12.4. The molecule has 0 saturated carbocycles. The molecule has 0 aliphatic carbocycles. The van der Waals surface area contributed by atoms with Gasteiger partial charge < -0.3 is 10.4 Å². The SMILES string of the molecule is CCC(C)(NC(=O)CCCc1ccc(C)cc1)C(=O)O. The molecule has 2 N–H and O–H groups in total. The lowest BCUT2D eigenvalue weighted by molar-refractivity contribution is -0.147. The number of rotatable bonds is 7. The van der Waals surface area contributed by atoms with E-state index in [9.17, 15) is 9.59 Å². The first-order chi connectivity index (χ1) is 9.37. The largest absolute Gasteiger partial charge is 0.480 e. The lowest BCUT2D eigenvalue weighted by Gasteiger charge is -2.24. The molecule has 4 nitrogen and oxygen atoms in total. The van der Waals surface area contributed by atoms with E-state index in [2.05, 4.69) is 17.4 Å². The summed E-state index contributed by atoms with van der Waals surface area (Å²) < 4.78 is 0. The van der Waals surface area contributed by atoms with Gasteiger partial charge in [0.2, 0.25) is 5.91 Å². The minimum Gasteiger partial charge on any atom is -0.480 e. The van der Waals surface area contributed by atoms with Gasteiger partial charge in [-0.15, -0.1) is 0 Å². The Hall–Kier alpha value is -1.84. The summed E-state index contributed by atoms with van der Waals surface area (Å²) in [6, 6.07) is 8.21. The quantitative estimate of drug-likeness (QED) is 0.805. The van der Waals surface area contributed by atoms with Crippen LogP contribution in [0, 0.1) is 6.92 Å². The maximum Gasteiger partial charge on any atom is 0.329 e. The maximum atomic E-state index is 11.8. The van der Waals surface area contributed by atoms with Gasteiger partial charge >= 0.3 is 5.97 Å². The second-order valence-corrected chi connectivity index (χ2v) is 5.38. The van der Waals surface area contributed by atoms with Crippen LogP contribution in [-0.4, -0.2) is 22.5 Å². The number of amides is 1. The standard InChI is InChI=1S/C16H23NO3/c1-4-16(3,15(19)20)17-14(18)7-5-6-13-10-8-12(2)9-11-13/h8-11H,4-7H2,1-3H3,(H,17,18)(H,19,20). The Labute approximate surface area is 120 Å². The molecule has 0 saturated heterocycles. The summed E-state index contributed by atoms with van der Waals surface area (Å²) in [5.41, 5.74) is 1.24. The van der Waals surface area contributed by atoms with E-state index in [4.69, 9.17) is 5.11 Å². The molecular formula is C16H23NO3. The number of aryl methyl sites for hydroxylation is 2. The molecule has 1 rings (SSSR count). The molecule has 0 bridgehead atoms. The van der Waals surface area contributed by atoms with Gasteiger partial charge in [0, 0.05) is 6.42 Å². The van der Waals surface area contributed by atoms with Crippen molar-refractivity contribution in [1.29, 1.82) is 0 Å². The summed E-state index contributed by atoms with van der Waals surface area (Å²) in [4.78, 5) is 22.9. The Bertz CT molecular complexity index is 467. The Morgan fingerprint density at radius 3 is 2.35 bits per heavy atom. The van der Waals surface area contributed by atoms with E-state index < -0.39 is 11.5 Å². The van der Waals surface area contributed by atoms with Crippen LogP contribution >= 0.6 is 0 Å². The molecule has 4 heteroatoms. The van der Waals surface area contributed by atoms with E-state index in [-0.39, 0.29) is 5.91 Å². The molecular weight excluding hydrogens is 254 g/mol. The van der Waals surface area contributed by atoms with Gasteiger partial charge in [-0.1, -0.05) is 36.8 Å². The van der Waals surface area contributed by atoms with Crippen LogP contribution in [0.1, 0.15) is 44.2 Å². The Kier molecular flexibility index (Phi) is 5.74. The highest BCUT2D eigenvalue weighted by Gasteiger charge is 2.32.